The van der Waals surface area contributed by atoms with Gasteiger partial charge in [-0.15, -0.1) is 0 Å². The smallest absolute Gasteiger partial charge is 1.00 e. The van der Waals surface area contributed by atoms with Crippen LogP contribution in [-0.2, 0) is 18.1 Å². The largest absolute Gasteiger partial charge is 1.00 e. The second-order valence-electron chi connectivity index (χ2n) is 3.47. The second-order valence-corrected chi connectivity index (χ2v) is 6.20. The van der Waals surface area contributed by atoms with Gasteiger partial charge in [0.15, 0.2) is 0 Å². The average Bonchev–Trinajstić information content (AvgIpc) is 2.26. The standard InChI is InChI=1S/C6H15NO7P2.Na.H/c8-15(9,10)14-16(11,12)13-7-5-3-1-2-4-6-7;;/h1-6H2,(H,11,12)(H2,8,9,10);;/q;+1;-1. The molecule has 1 atom stereocenters. The minimum atomic E-state index is -5.03. The zero-order valence-corrected chi connectivity index (χ0v) is 13.3. The molecule has 0 bridgehead atoms. The molecule has 8 nitrogen and oxygen atoms in total. The normalized spacial score (nSPS) is 22.3. The van der Waals surface area contributed by atoms with E-state index in [2.05, 4.69) is 8.94 Å². The number of rotatable bonds is 4. The van der Waals surface area contributed by atoms with Gasteiger partial charge in [0.25, 0.3) is 0 Å². The van der Waals surface area contributed by atoms with E-state index in [9.17, 15) is 9.13 Å². The van der Waals surface area contributed by atoms with Crippen LogP contribution in [0.1, 0.15) is 27.1 Å². The minimum absolute atomic E-state index is 0. The molecule has 3 N–H and O–H groups in total. The van der Waals surface area contributed by atoms with Gasteiger partial charge < -0.3 is 16.1 Å². The van der Waals surface area contributed by atoms with Gasteiger partial charge in [0.05, 0.1) is 0 Å². The van der Waals surface area contributed by atoms with Gasteiger partial charge >= 0.3 is 45.2 Å². The molecule has 98 valence electrons. The molecular formula is C6H16NNaO7P2. The third-order valence-electron chi connectivity index (χ3n) is 1.99. The Kier molecular flexibility index (Phi) is 8.28. The summed E-state index contributed by atoms with van der Waals surface area (Å²) in [5.41, 5.74) is 0. The van der Waals surface area contributed by atoms with Crippen LogP contribution in [0.4, 0.5) is 0 Å². The number of hydrogen-bond donors (Lipinski definition) is 3. The monoisotopic (exact) mass is 299 g/mol. The summed E-state index contributed by atoms with van der Waals surface area (Å²) in [6, 6.07) is 0. The molecule has 1 unspecified atom stereocenters. The van der Waals surface area contributed by atoms with Crippen LogP contribution < -0.4 is 29.6 Å². The van der Waals surface area contributed by atoms with Crippen LogP contribution in [0.25, 0.3) is 0 Å². The zero-order chi connectivity index (χ0) is 12.2. The Balaban J connectivity index is 0. The van der Waals surface area contributed by atoms with Crippen molar-refractivity contribution in [1.29, 1.82) is 0 Å². The van der Waals surface area contributed by atoms with Gasteiger partial charge in [-0.2, -0.15) is 14.0 Å². The van der Waals surface area contributed by atoms with Gasteiger partial charge in [0.2, 0.25) is 0 Å². The summed E-state index contributed by atoms with van der Waals surface area (Å²) in [5.74, 6) is 0. The molecule has 1 rings (SSSR count). The van der Waals surface area contributed by atoms with Gasteiger partial charge in [0, 0.05) is 13.1 Å². The summed E-state index contributed by atoms with van der Waals surface area (Å²) in [6.45, 7) is 0.879. The number of hydrogen-bond acceptors (Lipinski definition) is 5. The fraction of sp³-hybridized carbons (Fsp3) is 1.00. The van der Waals surface area contributed by atoms with Crippen LogP contribution in [0.15, 0.2) is 0 Å². The predicted octanol–water partition coefficient (Wildman–Crippen LogP) is -1.88. The predicted molar refractivity (Wildman–Crippen MR) is 55.2 cm³/mol. The summed E-state index contributed by atoms with van der Waals surface area (Å²) in [7, 11) is -9.77. The van der Waals surface area contributed by atoms with Crippen molar-refractivity contribution in [1.82, 2.24) is 5.06 Å². The summed E-state index contributed by atoms with van der Waals surface area (Å²) in [6.07, 6.45) is 3.59. The molecule has 0 saturated carbocycles. The first-order valence-electron chi connectivity index (χ1n) is 4.83. The Morgan fingerprint density at radius 2 is 1.47 bits per heavy atom. The Morgan fingerprint density at radius 1 is 1.00 bits per heavy atom. The molecule has 1 saturated heterocycles. The van der Waals surface area contributed by atoms with Crippen LogP contribution in [0, 0.1) is 0 Å². The molecule has 1 heterocycles. The van der Waals surface area contributed by atoms with Crippen molar-refractivity contribution >= 4 is 15.6 Å². The molecule has 1 fully saturated rings. The molecule has 0 aromatic rings. The summed E-state index contributed by atoms with van der Waals surface area (Å²) >= 11 is 0. The molecule has 0 aliphatic carbocycles. The van der Waals surface area contributed by atoms with Crippen molar-refractivity contribution in [3.8, 4) is 0 Å². The maximum atomic E-state index is 11.2. The van der Waals surface area contributed by atoms with Gasteiger partial charge in [-0.05, 0) is 12.8 Å². The van der Waals surface area contributed by atoms with Crippen molar-refractivity contribution in [2.24, 2.45) is 0 Å². The van der Waals surface area contributed by atoms with Crippen LogP contribution in [0.3, 0.4) is 0 Å². The maximum Gasteiger partial charge on any atom is 1.00 e. The molecular weight excluding hydrogens is 283 g/mol. The van der Waals surface area contributed by atoms with E-state index in [4.69, 9.17) is 14.7 Å². The summed E-state index contributed by atoms with van der Waals surface area (Å²) < 4.78 is 29.8. The number of hydroxylamine groups is 2. The van der Waals surface area contributed by atoms with Crippen LogP contribution >= 0.6 is 15.6 Å². The zero-order valence-electron chi connectivity index (χ0n) is 10.6. The first-order chi connectivity index (χ1) is 7.29. The molecule has 17 heavy (non-hydrogen) atoms. The Hall–Kier alpha value is 1.22. The van der Waals surface area contributed by atoms with Crippen molar-refractivity contribution in [2.45, 2.75) is 25.7 Å². The van der Waals surface area contributed by atoms with Gasteiger partial charge in [-0.25, -0.2) is 9.13 Å². The molecule has 1 aliphatic heterocycles. The van der Waals surface area contributed by atoms with Crippen LogP contribution in [-0.4, -0.2) is 32.8 Å². The fourth-order valence-electron chi connectivity index (χ4n) is 1.42. The topological polar surface area (TPSA) is 117 Å². The Morgan fingerprint density at radius 3 is 1.88 bits per heavy atom. The quantitative estimate of drug-likeness (QED) is 0.408. The van der Waals surface area contributed by atoms with Crippen molar-refractivity contribution < 1.29 is 63.7 Å². The molecule has 0 amide bonds. The molecule has 0 spiro atoms. The number of nitrogens with zero attached hydrogens (tertiary/aromatic N) is 1. The van der Waals surface area contributed by atoms with Gasteiger partial charge in [-0.3, -0.25) is 0 Å². The summed E-state index contributed by atoms with van der Waals surface area (Å²) in [5, 5.41) is 1.21. The third kappa shape index (κ3) is 8.86. The van der Waals surface area contributed by atoms with E-state index in [0.717, 1.165) is 25.7 Å². The van der Waals surface area contributed by atoms with Crippen molar-refractivity contribution in [2.75, 3.05) is 13.1 Å². The van der Waals surface area contributed by atoms with E-state index in [-0.39, 0.29) is 31.0 Å². The number of phosphoric acid groups is 2. The Labute approximate surface area is 123 Å². The minimum Gasteiger partial charge on any atom is -1.00 e. The molecule has 11 heteroatoms. The van der Waals surface area contributed by atoms with E-state index in [1.54, 1.807) is 0 Å². The molecule has 0 radical (unpaired) electrons. The maximum absolute atomic E-state index is 11.2. The first kappa shape index (κ1) is 18.2. The Bertz CT molecular complexity index is 319. The molecule has 0 aromatic carbocycles. The van der Waals surface area contributed by atoms with Crippen molar-refractivity contribution in [3.05, 3.63) is 0 Å². The third-order valence-corrected chi connectivity index (χ3v) is 4.11. The first-order valence-corrected chi connectivity index (χ1v) is 7.85. The average molecular weight is 299 g/mol. The summed E-state index contributed by atoms with van der Waals surface area (Å²) in [4.78, 5) is 25.9. The second kappa shape index (κ2) is 7.72. The van der Waals surface area contributed by atoms with E-state index < -0.39 is 15.6 Å². The van der Waals surface area contributed by atoms with Crippen molar-refractivity contribution in [3.63, 3.8) is 0 Å². The SMILES string of the molecule is O=P(O)(O)OP(=O)(O)ON1CCCCCC1.[H-].[Na+]. The van der Waals surface area contributed by atoms with E-state index in [0.29, 0.717) is 13.1 Å². The van der Waals surface area contributed by atoms with E-state index >= 15 is 0 Å². The van der Waals surface area contributed by atoms with Gasteiger partial charge in [0.1, 0.15) is 0 Å². The van der Waals surface area contributed by atoms with Crippen LogP contribution in [0.5, 0.6) is 0 Å². The molecule has 0 aromatic heterocycles. The fourth-order valence-corrected chi connectivity index (χ4v) is 3.07. The van der Waals surface area contributed by atoms with E-state index in [1.807, 2.05) is 0 Å². The molecule has 1 aliphatic rings. The van der Waals surface area contributed by atoms with Crippen LogP contribution in [0.2, 0.25) is 0 Å². The van der Waals surface area contributed by atoms with E-state index in [1.165, 1.54) is 5.06 Å². The van der Waals surface area contributed by atoms with Gasteiger partial charge in [-0.1, -0.05) is 12.8 Å².